The summed E-state index contributed by atoms with van der Waals surface area (Å²) < 4.78 is 0. The summed E-state index contributed by atoms with van der Waals surface area (Å²) in [5.74, 6) is 0.128. The van der Waals surface area contributed by atoms with Gasteiger partial charge in [-0.2, -0.15) is 12.6 Å². The van der Waals surface area contributed by atoms with Gasteiger partial charge >= 0.3 is 18.9 Å². The summed E-state index contributed by atoms with van der Waals surface area (Å²) in [6.45, 7) is 0. The smallest absolute Gasteiger partial charge is 0.550 e. The maximum absolute atomic E-state index is 10.2. The molecule has 2 nitrogen and oxygen atoms in total. The van der Waals surface area contributed by atoms with Crippen molar-refractivity contribution in [2.45, 2.75) is 96.3 Å². The van der Waals surface area contributed by atoms with E-state index in [0.29, 0.717) is 0 Å². The van der Waals surface area contributed by atoms with E-state index in [1.807, 2.05) is 0 Å². The molecule has 0 amide bonds. The van der Waals surface area contributed by atoms with Gasteiger partial charge in [0, 0.05) is 5.97 Å². The molecule has 0 unspecified atom stereocenters. The van der Waals surface area contributed by atoms with E-state index >= 15 is 0 Å². The van der Waals surface area contributed by atoms with Crippen LogP contribution in [-0.2, 0) is 4.79 Å². The van der Waals surface area contributed by atoms with E-state index in [9.17, 15) is 9.90 Å². The van der Waals surface area contributed by atoms with Crippen LogP contribution in [0, 0.1) is 0 Å². The summed E-state index contributed by atoms with van der Waals surface area (Å²) in [6, 6.07) is 0. The number of thiol groups is 1. The zero-order valence-corrected chi connectivity index (χ0v) is 15.0. The van der Waals surface area contributed by atoms with Gasteiger partial charge in [0.05, 0.1) is 0 Å². The second kappa shape index (κ2) is 20.4. The molecule has 0 aliphatic carbocycles. The zero-order valence-electron chi connectivity index (χ0n) is 14.1. The summed E-state index contributed by atoms with van der Waals surface area (Å²) >= 11 is 4.22. The molecule has 0 saturated heterocycles. The van der Waals surface area contributed by atoms with Gasteiger partial charge in [-0.05, 0) is 25.0 Å². The second-order valence-corrected chi connectivity index (χ2v) is 6.24. The third-order valence-corrected chi connectivity index (χ3v) is 4.11. The first-order chi connectivity index (χ1) is 9.77. The van der Waals surface area contributed by atoms with Crippen molar-refractivity contribution in [2.24, 2.45) is 0 Å². The van der Waals surface area contributed by atoms with E-state index in [2.05, 4.69) is 12.6 Å². The molecule has 21 heavy (non-hydrogen) atoms. The van der Waals surface area contributed by atoms with Crippen LogP contribution >= 0.6 is 12.6 Å². The first-order valence-corrected chi connectivity index (χ1v) is 9.21. The minimum atomic E-state index is -0.907. The minimum absolute atomic E-state index is 0. The van der Waals surface area contributed by atoms with E-state index in [1.165, 1.54) is 77.0 Å². The van der Waals surface area contributed by atoms with Gasteiger partial charge in [-0.1, -0.05) is 77.0 Å². The Hall–Kier alpha value is 0.417. The molecule has 0 heterocycles. The number of unbranched alkanes of at least 4 members (excludes halogenated alkanes) is 13. The summed E-state index contributed by atoms with van der Waals surface area (Å²) in [7, 11) is 0. The van der Waals surface area contributed by atoms with Crippen molar-refractivity contribution in [3.8, 4) is 0 Å². The molecule has 4 heteroatoms. The topological polar surface area (TPSA) is 40.1 Å². The second-order valence-electron chi connectivity index (χ2n) is 5.80. The van der Waals surface area contributed by atoms with Crippen molar-refractivity contribution in [3.05, 3.63) is 0 Å². The summed E-state index contributed by atoms with van der Waals surface area (Å²) in [4.78, 5) is 10.2. The Morgan fingerprint density at radius 1 is 0.619 bits per heavy atom. The largest absolute Gasteiger partial charge is 1.00 e. The Morgan fingerprint density at radius 2 is 0.905 bits per heavy atom. The number of aliphatic carboxylic acids is 1. The molecule has 0 N–H and O–H groups in total. The van der Waals surface area contributed by atoms with Crippen LogP contribution in [0.15, 0.2) is 0 Å². The molecular formula is C17H33LiO2S. The van der Waals surface area contributed by atoms with Crippen LogP contribution in [0.2, 0.25) is 0 Å². The fraction of sp³-hybridized carbons (Fsp3) is 0.941. The number of hydrogen-bond acceptors (Lipinski definition) is 3. The van der Waals surface area contributed by atoms with Crippen LogP contribution in [0.3, 0.4) is 0 Å². The Bertz CT molecular complexity index is 213. The minimum Gasteiger partial charge on any atom is -0.550 e. The summed E-state index contributed by atoms with van der Waals surface area (Å²) in [6.07, 6.45) is 18.1. The van der Waals surface area contributed by atoms with Crippen molar-refractivity contribution >= 4 is 18.6 Å². The molecule has 0 aliphatic rings. The van der Waals surface area contributed by atoms with E-state index < -0.39 is 5.97 Å². The normalized spacial score (nSPS) is 10.3. The van der Waals surface area contributed by atoms with Gasteiger partial charge in [0.2, 0.25) is 0 Å². The molecule has 0 spiro atoms. The van der Waals surface area contributed by atoms with Gasteiger partial charge in [0.25, 0.3) is 0 Å². The Kier molecular flexibility index (Phi) is 23.0. The molecule has 0 bridgehead atoms. The Morgan fingerprint density at radius 3 is 1.19 bits per heavy atom. The van der Waals surface area contributed by atoms with Gasteiger partial charge < -0.3 is 9.90 Å². The van der Waals surface area contributed by atoms with Crippen molar-refractivity contribution in [1.29, 1.82) is 0 Å². The summed E-state index contributed by atoms with van der Waals surface area (Å²) in [5, 5.41) is 10.2. The predicted molar refractivity (Wildman–Crippen MR) is 88.1 cm³/mol. The molecule has 0 aromatic carbocycles. The number of carbonyl (C=O) groups is 1. The molecule has 0 aromatic rings. The molecule has 120 valence electrons. The Balaban J connectivity index is 0. The number of carbonyl (C=O) groups excluding carboxylic acids is 1. The number of hydrogen-bond donors (Lipinski definition) is 1. The fourth-order valence-corrected chi connectivity index (χ4v) is 2.73. The summed E-state index contributed by atoms with van der Waals surface area (Å²) in [5.41, 5.74) is 0. The molecular weight excluding hydrogens is 275 g/mol. The quantitative estimate of drug-likeness (QED) is 0.267. The number of carboxylic acid groups (broad SMARTS) is 1. The van der Waals surface area contributed by atoms with Gasteiger partial charge in [0.15, 0.2) is 0 Å². The van der Waals surface area contributed by atoms with Crippen LogP contribution in [0.4, 0.5) is 0 Å². The third kappa shape index (κ3) is 22.8. The third-order valence-electron chi connectivity index (χ3n) is 3.79. The van der Waals surface area contributed by atoms with Gasteiger partial charge in [0.1, 0.15) is 0 Å². The van der Waals surface area contributed by atoms with Crippen LogP contribution in [0.1, 0.15) is 96.3 Å². The van der Waals surface area contributed by atoms with Crippen LogP contribution in [0.5, 0.6) is 0 Å². The van der Waals surface area contributed by atoms with Crippen LogP contribution in [0.25, 0.3) is 0 Å². The van der Waals surface area contributed by atoms with Crippen molar-refractivity contribution < 1.29 is 28.8 Å². The Labute approximate surface area is 149 Å². The number of carboxylic acids is 1. The predicted octanol–water partition coefficient (Wildman–Crippen LogP) is 1.52. The molecule has 0 rings (SSSR count). The van der Waals surface area contributed by atoms with E-state index in [0.717, 1.165) is 18.6 Å². The maximum Gasteiger partial charge on any atom is 1.00 e. The molecule has 0 aromatic heterocycles. The fourth-order valence-electron chi connectivity index (χ4n) is 2.50. The average molecular weight is 308 g/mol. The van der Waals surface area contributed by atoms with Crippen molar-refractivity contribution in [2.75, 3.05) is 5.75 Å². The average Bonchev–Trinajstić information content (AvgIpc) is 2.43. The van der Waals surface area contributed by atoms with Gasteiger partial charge in [-0.25, -0.2) is 0 Å². The SMILES string of the molecule is O=C([O-])CCCCCCCCCCCCCCCCS.[Li+]. The number of rotatable bonds is 16. The van der Waals surface area contributed by atoms with Gasteiger partial charge in [-0.15, -0.1) is 0 Å². The van der Waals surface area contributed by atoms with Crippen molar-refractivity contribution in [1.82, 2.24) is 0 Å². The molecule has 0 atom stereocenters. The molecule has 0 radical (unpaired) electrons. The zero-order chi connectivity index (χ0) is 14.9. The van der Waals surface area contributed by atoms with Crippen LogP contribution < -0.4 is 24.0 Å². The van der Waals surface area contributed by atoms with E-state index in [1.54, 1.807) is 0 Å². The van der Waals surface area contributed by atoms with Gasteiger partial charge in [-0.3, -0.25) is 0 Å². The maximum atomic E-state index is 10.2. The van der Waals surface area contributed by atoms with E-state index in [4.69, 9.17) is 0 Å². The first-order valence-electron chi connectivity index (χ1n) is 8.58. The van der Waals surface area contributed by atoms with E-state index in [-0.39, 0.29) is 25.3 Å². The molecule has 0 aliphatic heterocycles. The first kappa shape index (κ1) is 23.7. The molecule has 0 fully saturated rings. The standard InChI is InChI=1S/C17H34O2S.Li/c18-17(19)15-13-11-9-7-5-3-1-2-4-6-8-10-12-14-16-20;/h20H,1-16H2,(H,18,19);/q;+1/p-1. The van der Waals surface area contributed by atoms with Crippen molar-refractivity contribution in [3.63, 3.8) is 0 Å². The van der Waals surface area contributed by atoms with Crippen LogP contribution in [-0.4, -0.2) is 11.7 Å². The molecule has 0 saturated carbocycles. The monoisotopic (exact) mass is 308 g/mol.